The summed E-state index contributed by atoms with van der Waals surface area (Å²) in [6.07, 6.45) is 0.309. The van der Waals surface area contributed by atoms with Crippen molar-refractivity contribution in [2.75, 3.05) is 64.3 Å². The molecule has 4 amide bonds. The van der Waals surface area contributed by atoms with Gasteiger partial charge < -0.3 is 24.5 Å². The lowest BCUT2D eigenvalue weighted by Gasteiger charge is -2.41. The van der Waals surface area contributed by atoms with E-state index in [2.05, 4.69) is 4.90 Å². The van der Waals surface area contributed by atoms with Crippen molar-refractivity contribution in [2.45, 2.75) is 33.2 Å². The van der Waals surface area contributed by atoms with Gasteiger partial charge in [0.05, 0.1) is 17.8 Å². The summed E-state index contributed by atoms with van der Waals surface area (Å²) < 4.78 is 14.9. The third kappa shape index (κ3) is 6.15. The monoisotopic (exact) mass is 597 g/mol. The molecule has 11 heteroatoms. The number of anilines is 1. The highest BCUT2D eigenvalue weighted by Crippen LogP contribution is 2.35. The molecule has 2 aromatic carbocycles. The number of piperazine rings is 2. The molecule has 5 rings (SSSR count). The van der Waals surface area contributed by atoms with Gasteiger partial charge in [0.2, 0.25) is 11.8 Å². The van der Waals surface area contributed by atoms with Gasteiger partial charge in [0, 0.05) is 56.3 Å². The van der Waals surface area contributed by atoms with Gasteiger partial charge in [0.1, 0.15) is 18.4 Å². The molecule has 0 radical (unpaired) electrons. The summed E-state index contributed by atoms with van der Waals surface area (Å²) in [5, 5.41) is 0.253. The minimum absolute atomic E-state index is 0.0470. The second-order valence-corrected chi connectivity index (χ2v) is 13.0. The summed E-state index contributed by atoms with van der Waals surface area (Å²) in [4.78, 5) is 63.2. The first kappa shape index (κ1) is 30.0. The van der Waals surface area contributed by atoms with Gasteiger partial charge in [-0.2, -0.15) is 0 Å². The molecule has 3 heterocycles. The molecule has 0 spiro atoms. The number of nitrogens with zero attached hydrogens (tertiary/aromatic N) is 5. The van der Waals surface area contributed by atoms with Crippen LogP contribution in [0.1, 0.15) is 37.6 Å². The highest BCUT2D eigenvalue weighted by atomic mass is 35.5. The zero-order valence-corrected chi connectivity index (χ0v) is 25.3. The van der Waals surface area contributed by atoms with Crippen LogP contribution in [0.25, 0.3) is 11.1 Å². The Morgan fingerprint density at radius 2 is 1.60 bits per heavy atom. The topological polar surface area (TPSA) is 84.5 Å². The quantitative estimate of drug-likeness (QED) is 0.540. The smallest absolute Gasteiger partial charge is 0.256 e. The minimum Gasteiger partial charge on any atom is -0.339 e. The van der Waals surface area contributed by atoms with E-state index in [9.17, 15) is 23.6 Å². The van der Waals surface area contributed by atoms with E-state index in [1.807, 2.05) is 27.8 Å². The second kappa shape index (κ2) is 11.6. The lowest BCUT2D eigenvalue weighted by molar-refractivity contribution is -0.139. The van der Waals surface area contributed by atoms with E-state index in [1.54, 1.807) is 40.1 Å². The lowest BCUT2D eigenvalue weighted by Crippen LogP contribution is -2.61. The number of amides is 4. The minimum atomic E-state index is -0.946. The fourth-order valence-corrected chi connectivity index (χ4v) is 5.93. The van der Waals surface area contributed by atoms with E-state index >= 15 is 0 Å². The van der Waals surface area contributed by atoms with Crippen LogP contribution in [0.4, 0.5) is 10.1 Å². The molecule has 0 aliphatic carbocycles. The van der Waals surface area contributed by atoms with Crippen LogP contribution in [-0.4, -0.2) is 109 Å². The molecule has 3 aliphatic rings. The molecular formula is C31H37ClFN5O4. The number of rotatable bonds is 4. The van der Waals surface area contributed by atoms with Crippen molar-refractivity contribution in [1.82, 2.24) is 19.6 Å². The molecule has 1 unspecified atom stereocenters. The maximum absolute atomic E-state index is 14.9. The Bertz CT molecular complexity index is 1420. The van der Waals surface area contributed by atoms with Crippen LogP contribution in [0.3, 0.4) is 0 Å². The first-order valence-electron chi connectivity index (χ1n) is 14.3. The van der Waals surface area contributed by atoms with E-state index in [0.29, 0.717) is 37.3 Å². The summed E-state index contributed by atoms with van der Waals surface area (Å²) in [6.45, 7) is 8.75. The number of halogens is 2. The van der Waals surface area contributed by atoms with Crippen LogP contribution in [0, 0.1) is 11.2 Å². The maximum atomic E-state index is 14.9. The van der Waals surface area contributed by atoms with Gasteiger partial charge in [0.25, 0.3) is 11.8 Å². The second-order valence-electron chi connectivity index (χ2n) is 12.6. The van der Waals surface area contributed by atoms with E-state index < -0.39 is 23.7 Å². The largest absolute Gasteiger partial charge is 0.339 e. The fourth-order valence-electron chi connectivity index (χ4n) is 5.77. The molecule has 2 fully saturated rings. The van der Waals surface area contributed by atoms with E-state index in [1.165, 1.54) is 15.9 Å². The standard InChI is InChI=1S/C31H37ClFN5O4/c1-31(2,3)17-27(39)36-13-14-37-26(18-36)30(42)38(19-28(40)35-11-9-34(4)10-12-35)25-8-5-20(15-23(25)29(37)41)22-7-6-21(32)16-24(22)33/h5-8,15-16,26H,9-14,17-19H2,1-4H3. The van der Waals surface area contributed by atoms with Gasteiger partial charge in [-0.15, -0.1) is 0 Å². The van der Waals surface area contributed by atoms with Crippen molar-refractivity contribution >= 4 is 40.9 Å². The highest BCUT2D eigenvalue weighted by molar-refractivity contribution is 6.30. The maximum Gasteiger partial charge on any atom is 0.256 e. The molecule has 0 aromatic heterocycles. The molecule has 0 N–H and O–H groups in total. The van der Waals surface area contributed by atoms with Gasteiger partial charge in [-0.25, -0.2) is 4.39 Å². The number of likely N-dealkylation sites (N-methyl/N-ethyl adjacent to an activating group) is 1. The molecule has 42 heavy (non-hydrogen) atoms. The number of fused-ring (bicyclic) bond motifs is 2. The molecule has 2 saturated heterocycles. The Labute approximate surface area is 250 Å². The van der Waals surface area contributed by atoms with Crippen LogP contribution in [-0.2, 0) is 14.4 Å². The van der Waals surface area contributed by atoms with Crippen LogP contribution in [0.15, 0.2) is 36.4 Å². The fraction of sp³-hybridized carbons (Fsp3) is 0.484. The van der Waals surface area contributed by atoms with Crippen LogP contribution < -0.4 is 4.90 Å². The van der Waals surface area contributed by atoms with E-state index in [0.717, 1.165) is 13.1 Å². The number of carbonyl (C=O) groups excluding carboxylic acids is 4. The first-order chi connectivity index (χ1) is 19.8. The predicted molar refractivity (Wildman–Crippen MR) is 159 cm³/mol. The summed E-state index contributed by atoms with van der Waals surface area (Å²) >= 11 is 5.95. The Hall–Kier alpha value is -3.50. The highest BCUT2D eigenvalue weighted by Gasteiger charge is 2.44. The zero-order chi connectivity index (χ0) is 30.3. The number of carbonyl (C=O) groups is 4. The Kier molecular flexibility index (Phi) is 8.31. The third-order valence-electron chi connectivity index (χ3n) is 8.14. The Morgan fingerprint density at radius 1 is 0.905 bits per heavy atom. The summed E-state index contributed by atoms with van der Waals surface area (Å²) in [5.74, 6) is -1.64. The molecule has 224 valence electrons. The van der Waals surface area contributed by atoms with Gasteiger partial charge in [-0.05, 0) is 48.4 Å². The Balaban J connectivity index is 1.52. The van der Waals surface area contributed by atoms with Crippen molar-refractivity contribution < 1.29 is 23.6 Å². The first-order valence-corrected chi connectivity index (χ1v) is 14.7. The third-order valence-corrected chi connectivity index (χ3v) is 8.37. The number of hydrogen-bond donors (Lipinski definition) is 0. The molecule has 0 bridgehead atoms. The molecule has 2 aromatic rings. The van der Waals surface area contributed by atoms with Gasteiger partial charge >= 0.3 is 0 Å². The predicted octanol–water partition coefficient (Wildman–Crippen LogP) is 3.36. The molecular weight excluding hydrogens is 561 g/mol. The molecule has 3 aliphatic heterocycles. The normalized spacial score (nSPS) is 19.9. The van der Waals surface area contributed by atoms with Crippen molar-refractivity contribution in [3.8, 4) is 11.1 Å². The molecule has 0 saturated carbocycles. The summed E-state index contributed by atoms with van der Waals surface area (Å²) in [6, 6.07) is 8.20. The average Bonchev–Trinajstić information content (AvgIpc) is 3.01. The Morgan fingerprint density at radius 3 is 2.26 bits per heavy atom. The number of benzene rings is 2. The molecule has 1 atom stereocenters. The summed E-state index contributed by atoms with van der Waals surface area (Å²) in [7, 11) is 1.99. The SMILES string of the molecule is CN1CCN(C(=O)CN2C(=O)C3CN(C(=O)CC(C)(C)C)CCN3C(=O)c3cc(-c4ccc(Cl)cc4F)ccc32)CC1. The van der Waals surface area contributed by atoms with Crippen molar-refractivity contribution in [3.63, 3.8) is 0 Å². The van der Waals surface area contributed by atoms with Crippen LogP contribution >= 0.6 is 11.6 Å². The number of hydrogen-bond acceptors (Lipinski definition) is 5. The van der Waals surface area contributed by atoms with Crippen molar-refractivity contribution in [3.05, 3.63) is 52.8 Å². The zero-order valence-electron chi connectivity index (χ0n) is 24.5. The van der Waals surface area contributed by atoms with Gasteiger partial charge in [-0.1, -0.05) is 38.4 Å². The lowest BCUT2D eigenvalue weighted by atomic mass is 9.91. The van der Waals surface area contributed by atoms with E-state index in [4.69, 9.17) is 11.6 Å². The van der Waals surface area contributed by atoms with Gasteiger partial charge in [0.15, 0.2) is 0 Å². The molecule has 9 nitrogen and oxygen atoms in total. The van der Waals surface area contributed by atoms with Crippen molar-refractivity contribution in [2.24, 2.45) is 5.41 Å². The van der Waals surface area contributed by atoms with E-state index in [-0.39, 0.29) is 53.0 Å². The van der Waals surface area contributed by atoms with Crippen LogP contribution in [0.5, 0.6) is 0 Å². The van der Waals surface area contributed by atoms with Crippen molar-refractivity contribution in [1.29, 1.82) is 0 Å². The average molecular weight is 598 g/mol. The van der Waals surface area contributed by atoms with Gasteiger partial charge in [-0.3, -0.25) is 19.2 Å². The van der Waals surface area contributed by atoms with Crippen LogP contribution in [0.2, 0.25) is 5.02 Å². The summed E-state index contributed by atoms with van der Waals surface area (Å²) in [5.41, 5.74) is 0.986.